The Kier molecular flexibility index (Phi) is 4.47. The summed E-state index contributed by atoms with van der Waals surface area (Å²) in [5.74, 6) is 1.44. The molecular formula is C11H20N4O2. The van der Waals surface area contributed by atoms with Crippen molar-refractivity contribution in [3.05, 3.63) is 11.7 Å². The summed E-state index contributed by atoms with van der Waals surface area (Å²) in [6.45, 7) is 6.61. The van der Waals surface area contributed by atoms with Gasteiger partial charge in [0.05, 0.1) is 19.3 Å². The molecule has 0 aromatic carbocycles. The topological polar surface area (TPSA) is 63.4 Å². The first-order chi connectivity index (χ1) is 8.29. The van der Waals surface area contributed by atoms with Gasteiger partial charge in [-0.1, -0.05) is 5.16 Å². The smallest absolute Gasteiger partial charge is 0.227 e. The van der Waals surface area contributed by atoms with Gasteiger partial charge in [0.1, 0.15) is 0 Å². The van der Waals surface area contributed by atoms with E-state index in [1.54, 1.807) is 0 Å². The van der Waals surface area contributed by atoms with E-state index in [-0.39, 0.29) is 6.04 Å². The van der Waals surface area contributed by atoms with E-state index in [1.165, 1.54) is 0 Å². The fraction of sp³-hybridized carbons (Fsp3) is 0.818. The van der Waals surface area contributed by atoms with Crippen LogP contribution in [0, 0.1) is 0 Å². The van der Waals surface area contributed by atoms with Crippen LogP contribution in [-0.4, -0.2) is 54.9 Å². The van der Waals surface area contributed by atoms with Gasteiger partial charge in [-0.25, -0.2) is 0 Å². The van der Waals surface area contributed by atoms with E-state index in [0.29, 0.717) is 5.89 Å². The molecule has 1 aromatic rings. The van der Waals surface area contributed by atoms with Gasteiger partial charge in [0.25, 0.3) is 0 Å². The molecule has 1 aliphatic rings. The molecule has 1 fully saturated rings. The van der Waals surface area contributed by atoms with Gasteiger partial charge in [0.2, 0.25) is 5.89 Å². The minimum Gasteiger partial charge on any atom is -0.379 e. The Balaban J connectivity index is 1.80. The highest BCUT2D eigenvalue weighted by atomic mass is 16.5. The predicted octanol–water partition coefficient (Wildman–Crippen LogP) is 0.225. The SMILES string of the molecule is CNC(C)c1noc(CCN2CCOCC2)n1. The lowest BCUT2D eigenvalue weighted by Crippen LogP contribution is -2.37. The van der Waals surface area contributed by atoms with Crippen molar-refractivity contribution >= 4 is 0 Å². The molecule has 2 heterocycles. The van der Waals surface area contributed by atoms with Crippen LogP contribution >= 0.6 is 0 Å². The molecule has 1 saturated heterocycles. The molecule has 1 unspecified atom stereocenters. The molecule has 6 heteroatoms. The Morgan fingerprint density at radius 3 is 2.88 bits per heavy atom. The fourth-order valence-electron chi connectivity index (χ4n) is 1.75. The number of nitrogens with zero attached hydrogens (tertiary/aromatic N) is 3. The maximum atomic E-state index is 5.30. The Bertz CT molecular complexity index is 336. The van der Waals surface area contributed by atoms with E-state index in [9.17, 15) is 0 Å². The molecule has 96 valence electrons. The van der Waals surface area contributed by atoms with Crippen LogP contribution in [-0.2, 0) is 11.2 Å². The monoisotopic (exact) mass is 240 g/mol. The first-order valence-electron chi connectivity index (χ1n) is 6.09. The number of aromatic nitrogens is 2. The van der Waals surface area contributed by atoms with Crippen molar-refractivity contribution in [2.45, 2.75) is 19.4 Å². The maximum Gasteiger partial charge on any atom is 0.227 e. The molecule has 0 spiro atoms. The molecule has 0 radical (unpaired) electrons. The van der Waals surface area contributed by atoms with Crippen molar-refractivity contribution in [2.75, 3.05) is 39.9 Å². The highest BCUT2D eigenvalue weighted by Crippen LogP contribution is 2.08. The Hall–Kier alpha value is -0.980. The van der Waals surface area contributed by atoms with Crippen molar-refractivity contribution in [1.29, 1.82) is 0 Å². The quantitative estimate of drug-likeness (QED) is 0.794. The van der Waals surface area contributed by atoms with Crippen molar-refractivity contribution in [1.82, 2.24) is 20.4 Å². The van der Waals surface area contributed by atoms with E-state index < -0.39 is 0 Å². The summed E-state index contributed by atoms with van der Waals surface area (Å²) in [6.07, 6.45) is 0.809. The van der Waals surface area contributed by atoms with Crippen molar-refractivity contribution in [2.24, 2.45) is 0 Å². The van der Waals surface area contributed by atoms with Crippen molar-refractivity contribution < 1.29 is 9.26 Å². The summed E-state index contributed by atoms with van der Waals surface area (Å²) < 4.78 is 10.5. The lowest BCUT2D eigenvalue weighted by molar-refractivity contribution is 0.0375. The maximum absolute atomic E-state index is 5.30. The summed E-state index contributed by atoms with van der Waals surface area (Å²) in [7, 11) is 1.88. The minimum atomic E-state index is 0.135. The Labute approximate surface area is 101 Å². The zero-order valence-corrected chi connectivity index (χ0v) is 10.5. The number of hydrogen-bond donors (Lipinski definition) is 1. The predicted molar refractivity (Wildman–Crippen MR) is 62.7 cm³/mol. The van der Waals surface area contributed by atoms with E-state index in [2.05, 4.69) is 20.4 Å². The van der Waals surface area contributed by atoms with Crippen molar-refractivity contribution in [3.63, 3.8) is 0 Å². The molecule has 6 nitrogen and oxygen atoms in total. The molecule has 2 rings (SSSR count). The van der Waals surface area contributed by atoms with Crippen LogP contribution in [0.1, 0.15) is 24.7 Å². The second kappa shape index (κ2) is 6.09. The highest BCUT2D eigenvalue weighted by molar-refractivity contribution is 4.92. The molecule has 1 atom stereocenters. The molecule has 0 amide bonds. The molecule has 0 bridgehead atoms. The van der Waals surface area contributed by atoms with E-state index in [4.69, 9.17) is 9.26 Å². The number of nitrogens with one attached hydrogen (secondary N) is 1. The second-order valence-electron chi connectivity index (χ2n) is 4.26. The molecule has 17 heavy (non-hydrogen) atoms. The van der Waals surface area contributed by atoms with Crippen LogP contribution in [0.5, 0.6) is 0 Å². The van der Waals surface area contributed by atoms with Gasteiger partial charge in [-0.3, -0.25) is 4.90 Å². The van der Waals surface area contributed by atoms with E-state index in [1.807, 2.05) is 14.0 Å². The van der Waals surface area contributed by atoms with Gasteiger partial charge in [-0.15, -0.1) is 0 Å². The van der Waals surface area contributed by atoms with Crippen LogP contribution in [0.25, 0.3) is 0 Å². The zero-order chi connectivity index (χ0) is 12.1. The van der Waals surface area contributed by atoms with Crippen LogP contribution in [0.3, 0.4) is 0 Å². The van der Waals surface area contributed by atoms with Crippen molar-refractivity contribution in [3.8, 4) is 0 Å². The lowest BCUT2D eigenvalue weighted by Gasteiger charge is -2.25. The van der Waals surface area contributed by atoms with E-state index >= 15 is 0 Å². The van der Waals surface area contributed by atoms with Gasteiger partial charge in [0, 0.05) is 26.1 Å². The van der Waals surface area contributed by atoms with Crippen LogP contribution < -0.4 is 5.32 Å². The van der Waals surface area contributed by atoms with Crippen LogP contribution in [0.4, 0.5) is 0 Å². The van der Waals surface area contributed by atoms with Gasteiger partial charge in [-0.2, -0.15) is 4.98 Å². The van der Waals surface area contributed by atoms with E-state index in [0.717, 1.165) is 45.1 Å². The summed E-state index contributed by atoms with van der Waals surface area (Å²) in [5, 5.41) is 7.05. The average molecular weight is 240 g/mol. The Morgan fingerprint density at radius 2 is 2.18 bits per heavy atom. The zero-order valence-electron chi connectivity index (χ0n) is 10.5. The minimum absolute atomic E-state index is 0.135. The highest BCUT2D eigenvalue weighted by Gasteiger charge is 2.14. The molecule has 1 aromatic heterocycles. The molecule has 1 aliphatic heterocycles. The number of morpholine rings is 1. The lowest BCUT2D eigenvalue weighted by atomic mass is 10.3. The average Bonchev–Trinajstić information content (AvgIpc) is 2.85. The summed E-state index contributed by atoms with van der Waals surface area (Å²) in [6, 6.07) is 0.135. The summed E-state index contributed by atoms with van der Waals surface area (Å²) in [5.41, 5.74) is 0. The molecular weight excluding hydrogens is 220 g/mol. The number of rotatable bonds is 5. The molecule has 0 aliphatic carbocycles. The third-order valence-electron chi connectivity index (χ3n) is 3.05. The normalized spacial score (nSPS) is 19.4. The standard InChI is InChI=1S/C11H20N4O2/c1-9(12-2)11-13-10(17-14-11)3-4-15-5-7-16-8-6-15/h9,12H,3-8H2,1-2H3. The van der Waals surface area contributed by atoms with Gasteiger partial charge in [0.15, 0.2) is 5.82 Å². The first-order valence-corrected chi connectivity index (χ1v) is 6.09. The van der Waals surface area contributed by atoms with Crippen LogP contribution in [0.2, 0.25) is 0 Å². The van der Waals surface area contributed by atoms with Crippen LogP contribution in [0.15, 0.2) is 4.52 Å². The number of ether oxygens (including phenoxy) is 1. The largest absolute Gasteiger partial charge is 0.379 e. The van der Waals surface area contributed by atoms with Gasteiger partial charge >= 0.3 is 0 Å². The molecule has 1 N–H and O–H groups in total. The summed E-state index contributed by atoms with van der Waals surface area (Å²) >= 11 is 0. The fourth-order valence-corrected chi connectivity index (χ4v) is 1.75. The van der Waals surface area contributed by atoms with Gasteiger partial charge in [-0.05, 0) is 14.0 Å². The summed E-state index contributed by atoms with van der Waals surface area (Å²) in [4.78, 5) is 6.72. The first kappa shape index (κ1) is 12.5. The third kappa shape index (κ3) is 3.49. The third-order valence-corrected chi connectivity index (χ3v) is 3.05. The van der Waals surface area contributed by atoms with Gasteiger partial charge < -0.3 is 14.6 Å². The Morgan fingerprint density at radius 1 is 1.41 bits per heavy atom. The number of hydrogen-bond acceptors (Lipinski definition) is 6. The second-order valence-corrected chi connectivity index (χ2v) is 4.26. The molecule has 0 saturated carbocycles.